The van der Waals surface area contributed by atoms with Crippen LogP contribution in [0.1, 0.15) is 25.7 Å². The molecule has 2 atom stereocenters. The molecule has 0 aromatic carbocycles. The molecule has 0 radical (unpaired) electrons. The SMILES string of the molecule is NC(=O)[C@H]1CCCN1C(=O)CNC(=O)[C@H]1CCC(=O)N1. The highest BCUT2D eigenvalue weighted by atomic mass is 16.2. The van der Waals surface area contributed by atoms with Crippen molar-refractivity contribution in [3.63, 3.8) is 0 Å². The Morgan fingerprint density at radius 2 is 2.10 bits per heavy atom. The average molecular weight is 282 g/mol. The number of carbonyl (C=O) groups excluding carboxylic acids is 4. The lowest BCUT2D eigenvalue weighted by Gasteiger charge is -2.22. The molecule has 2 aliphatic rings. The Balaban J connectivity index is 1.81. The fourth-order valence-electron chi connectivity index (χ4n) is 2.56. The molecule has 0 aliphatic carbocycles. The van der Waals surface area contributed by atoms with Crippen LogP contribution in [0.4, 0.5) is 0 Å². The van der Waals surface area contributed by atoms with Crippen LogP contribution in [0.2, 0.25) is 0 Å². The van der Waals surface area contributed by atoms with Crippen molar-refractivity contribution in [1.29, 1.82) is 0 Å². The minimum Gasteiger partial charge on any atom is -0.368 e. The second kappa shape index (κ2) is 5.89. The number of amides is 4. The minimum atomic E-state index is -0.578. The molecule has 2 rings (SSSR count). The van der Waals surface area contributed by atoms with Gasteiger partial charge in [-0.25, -0.2) is 0 Å². The number of hydrogen-bond acceptors (Lipinski definition) is 4. The number of nitrogens with zero attached hydrogens (tertiary/aromatic N) is 1. The fraction of sp³-hybridized carbons (Fsp3) is 0.667. The molecule has 2 saturated heterocycles. The molecular weight excluding hydrogens is 264 g/mol. The van der Waals surface area contributed by atoms with Crippen molar-refractivity contribution in [2.75, 3.05) is 13.1 Å². The van der Waals surface area contributed by atoms with E-state index in [-0.39, 0.29) is 24.3 Å². The van der Waals surface area contributed by atoms with Gasteiger partial charge in [-0.3, -0.25) is 19.2 Å². The summed E-state index contributed by atoms with van der Waals surface area (Å²) in [7, 11) is 0. The van der Waals surface area contributed by atoms with Gasteiger partial charge in [0.2, 0.25) is 23.6 Å². The monoisotopic (exact) mass is 282 g/mol. The molecule has 2 fully saturated rings. The summed E-state index contributed by atoms with van der Waals surface area (Å²) in [6.45, 7) is 0.289. The number of hydrogen-bond donors (Lipinski definition) is 3. The summed E-state index contributed by atoms with van der Waals surface area (Å²) in [5.41, 5.74) is 5.23. The lowest BCUT2D eigenvalue weighted by molar-refractivity contribution is -0.137. The lowest BCUT2D eigenvalue weighted by Crippen LogP contribution is -2.49. The maximum atomic E-state index is 12.0. The highest BCUT2D eigenvalue weighted by Gasteiger charge is 2.33. The van der Waals surface area contributed by atoms with Crippen molar-refractivity contribution in [1.82, 2.24) is 15.5 Å². The van der Waals surface area contributed by atoms with Crippen molar-refractivity contribution in [3.05, 3.63) is 0 Å². The first-order valence-corrected chi connectivity index (χ1v) is 6.65. The Morgan fingerprint density at radius 3 is 2.70 bits per heavy atom. The van der Waals surface area contributed by atoms with Gasteiger partial charge in [0.15, 0.2) is 0 Å². The normalized spacial score (nSPS) is 25.4. The van der Waals surface area contributed by atoms with E-state index in [4.69, 9.17) is 5.73 Å². The molecule has 0 aromatic heterocycles. The van der Waals surface area contributed by atoms with Crippen LogP contribution in [0.15, 0.2) is 0 Å². The van der Waals surface area contributed by atoms with E-state index in [0.29, 0.717) is 25.8 Å². The van der Waals surface area contributed by atoms with Crippen LogP contribution in [0.3, 0.4) is 0 Å². The largest absolute Gasteiger partial charge is 0.368 e. The van der Waals surface area contributed by atoms with Crippen LogP contribution in [-0.2, 0) is 19.2 Å². The van der Waals surface area contributed by atoms with Gasteiger partial charge in [0.05, 0.1) is 6.54 Å². The molecule has 0 aromatic rings. The average Bonchev–Trinajstić information content (AvgIpc) is 3.03. The highest BCUT2D eigenvalue weighted by molar-refractivity contribution is 5.94. The maximum Gasteiger partial charge on any atom is 0.243 e. The highest BCUT2D eigenvalue weighted by Crippen LogP contribution is 2.16. The van der Waals surface area contributed by atoms with Crippen LogP contribution < -0.4 is 16.4 Å². The van der Waals surface area contributed by atoms with Gasteiger partial charge in [0, 0.05) is 13.0 Å². The predicted molar refractivity (Wildman–Crippen MR) is 68.1 cm³/mol. The second-order valence-corrected chi connectivity index (χ2v) is 5.02. The van der Waals surface area contributed by atoms with Gasteiger partial charge in [-0.1, -0.05) is 0 Å². The van der Waals surface area contributed by atoms with E-state index < -0.39 is 18.0 Å². The zero-order valence-corrected chi connectivity index (χ0v) is 11.1. The molecule has 2 heterocycles. The van der Waals surface area contributed by atoms with Gasteiger partial charge in [0.1, 0.15) is 12.1 Å². The lowest BCUT2D eigenvalue weighted by atomic mass is 10.2. The number of carbonyl (C=O) groups is 4. The van der Waals surface area contributed by atoms with Gasteiger partial charge < -0.3 is 21.3 Å². The molecule has 0 unspecified atom stereocenters. The van der Waals surface area contributed by atoms with Crippen molar-refractivity contribution in [2.45, 2.75) is 37.8 Å². The van der Waals surface area contributed by atoms with E-state index in [1.54, 1.807) is 0 Å². The molecule has 0 spiro atoms. The summed E-state index contributed by atoms with van der Waals surface area (Å²) >= 11 is 0. The molecule has 2 aliphatic heterocycles. The number of primary amides is 1. The Hall–Kier alpha value is -2.12. The van der Waals surface area contributed by atoms with Crippen molar-refractivity contribution in [2.24, 2.45) is 5.73 Å². The van der Waals surface area contributed by atoms with Crippen LogP contribution in [0, 0.1) is 0 Å². The number of rotatable bonds is 4. The molecule has 8 nitrogen and oxygen atoms in total. The van der Waals surface area contributed by atoms with E-state index in [0.717, 1.165) is 6.42 Å². The second-order valence-electron chi connectivity index (χ2n) is 5.02. The summed E-state index contributed by atoms with van der Waals surface area (Å²) in [6, 6.07) is -1.15. The summed E-state index contributed by atoms with van der Waals surface area (Å²) in [5, 5.41) is 5.01. The maximum absolute atomic E-state index is 12.0. The van der Waals surface area contributed by atoms with Crippen LogP contribution in [-0.4, -0.2) is 53.7 Å². The molecule has 110 valence electrons. The van der Waals surface area contributed by atoms with E-state index in [9.17, 15) is 19.2 Å². The van der Waals surface area contributed by atoms with Gasteiger partial charge in [-0.2, -0.15) is 0 Å². The van der Waals surface area contributed by atoms with Gasteiger partial charge in [-0.15, -0.1) is 0 Å². The topological polar surface area (TPSA) is 122 Å². The molecule has 20 heavy (non-hydrogen) atoms. The smallest absolute Gasteiger partial charge is 0.243 e. The van der Waals surface area contributed by atoms with Gasteiger partial charge in [-0.05, 0) is 19.3 Å². The third-order valence-corrected chi connectivity index (χ3v) is 3.63. The number of likely N-dealkylation sites (tertiary alicyclic amines) is 1. The van der Waals surface area contributed by atoms with Crippen LogP contribution >= 0.6 is 0 Å². The molecule has 4 amide bonds. The first-order chi connectivity index (χ1) is 9.49. The van der Waals surface area contributed by atoms with Crippen LogP contribution in [0.25, 0.3) is 0 Å². The summed E-state index contributed by atoms with van der Waals surface area (Å²) in [5.74, 6) is -1.39. The Labute approximate surface area is 116 Å². The first kappa shape index (κ1) is 14.3. The minimum absolute atomic E-state index is 0.162. The zero-order valence-electron chi connectivity index (χ0n) is 11.1. The van der Waals surface area contributed by atoms with E-state index in [1.807, 2.05) is 0 Å². The van der Waals surface area contributed by atoms with E-state index in [2.05, 4.69) is 10.6 Å². The van der Waals surface area contributed by atoms with Crippen molar-refractivity contribution >= 4 is 23.6 Å². The summed E-state index contributed by atoms with van der Waals surface area (Å²) < 4.78 is 0. The van der Waals surface area contributed by atoms with Crippen molar-refractivity contribution in [3.8, 4) is 0 Å². The molecule has 0 bridgehead atoms. The molecule has 8 heteroatoms. The zero-order chi connectivity index (χ0) is 14.7. The molecule has 4 N–H and O–H groups in total. The molecule has 0 saturated carbocycles. The molecular formula is C12H18N4O4. The Morgan fingerprint density at radius 1 is 1.35 bits per heavy atom. The Bertz CT molecular complexity index is 451. The van der Waals surface area contributed by atoms with Gasteiger partial charge >= 0.3 is 0 Å². The van der Waals surface area contributed by atoms with E-state index in [1.165, 1.54) is 4.90 Å². The predicted octanol–water partition coefficient (Wildman–Crippen LogP) is -2.14. The van der Waals surface area contributed by atoms with Gasteiger partial charge in [0.25, 0.3) is 0 Å². The fourth-order valence-corrected chi connectivity index (χ4v) is 2.56. The third-order valence-electron chi connectivity index (χ3n) is 3.63. The van der Waals surface area contributed by atoms with E-state index >= 15 is 0 Å². The van der Waals surface area contributed by atoms with Crippen LogP contribution in [0.5, 0.6) is 0 Å². The first-order valence-electron chi connectivity index (χ1n) is 6.65. The summed E-state index contributed by atoms with van der Waals surface area (Å²) in [6.07, 6.45) is 2.05. The summed E-state index contributed by atoms with van der Waals surface area (Å²) in [4.78, 5) is 47.3. The Kier molecular flexibility index (Phi) is 4.21. The quantitative estimate of drug-likeness (QED) is 0.544. The standard InChI is InChI=1S/C12H18N4O4/c13-11(19)8-2-1-5-16(8)10(18)6-14-12(20)7-3-4-9(17)15-7/h7-8H,1-6H2,(H2,13,19)(H,14,20)(H,15,17)/t7-,8-/m1/s1. The third kappa shape index (κ3) is 3.06. The number of nitrogens with two attached hydrogens (primary N) is 1. The number of nitrogens with one attached hydrogen (secondary N) is 2. The van der Waals surface area contributed by atoms with Crippen molar-refractivity contribution < 1.29 is 19.2 Å².